The molecule has 1 heterocycles. The zero-order chi connectivity index (χ0) is 21.3. The average molecular weight is 429 g/mol. The average Bonchev–Trinajstić information content (AvgIpc) is 3.16. The van der Waals surface area contributed by atoms with E-state index in [0.29, 0.717) is 12.5 Å². The minimum Gasteiger partial charge on any atom is -0.496 e. The van der Waals surface area contributed by atoms with E-state index in [1.54, 1.807) is 7.11 Å². The maximum Gasteiger partial charge on any atom is 0.232 e. The van der Waals surface area contributed by atoms with Gasteiger partial charge in [-0.1, -0.05) is 24.3 Å². The summed E-state index contributed by atoms with van der Waals surface area (Å²) in [6.45, 7) is 2.60. The van der Waals surface area contributed by atoms with E-state index >= 15 is 0 Å². The van der Waals surface area contributed by atoms with Crippen LogP contribution in [0.1, 0.15) is 41.0 Å². The second-order valence-corrected chi connectivity index (χ2v) is 10.6. The normalized spacial score (nSPS) is 18.4. The first-order valence-corrected chi connectivity index (χ1v) is 12.7. The van der Waals surface area contributed by atoms with Gasteiger partial charge in [-0.2, -0.15) is 0 Å². The van der Waals surface area contributed by atoms with Gasteiger partial charge in [-0.15, -0.1) is 0 Å². The van der Waals surface area contributed by atoms with Crippen molar-refractivity contribution in [3.63, 3.8) is 0 Å². The highest BCUT2D eigenvalue weighted by atomic mass is 32.2. The van der Waals surface area contributed by atoms with Crippen molar-refractivity contribution >= 4 is 15.7 Å². The lowest BCUT2D eigenvalue weighted by Gasteiger charge is -2.30. The zero-order valence-corrected chi connectivity index (χ0v) is 19.0. The molecule has 30 heavy (non-hydrogen) atoms. The summed E-state index contributed by atoms with van der Waals surface area (Å²) < 4.78 is 31.0. The van der Waals surface area contributed by atoms with Crippen LogP contribution in [0.2, 0.25) is 0 Å². The van der Waals surface area contributed by atoms with E-state index in [9.17, 15) is 8.42 Å². The highest BCUT2D eigenvalue weighted by molar-refractivity contribution is 7.92. The number of rotatable bonds is 7. The van der Waals surface area contributed by atoms with Crippen LogP contribution in [0, 0.1) is 0 Å². The predicted molar refractivity (Wildman–Crippen MR) is 122 cm³/mol. The lowest BCUT2D eigenvalue weighted by molar-refractivity contribution is 0.299. The summed E-state index contributed by atoms with van der Waals surface area (Å²) in [4.78, 5) is 2.43. The van der Waals surface area contributed by atoms with Gasteiger partial charge in [0.25, 0.3) is 0 Å². The lowest BCUT2D eigenvalue weighted by Crippen LogP contribution is -2.28. The molecular weight excluding hydrogens is 396 g/mol. The Bertz CT molecular complexity index is 1020. The van der Waals surface area contributed by atoms with Crippen molar-refractivity contribution in [3.05, 3.63) is 58.7 Å². The Labute approximate surface area is 180 Å². The van der Waals surface area contributed by atoms with Gasteiger partial charge in [-0.3, -0.25) is 4.31 Å². The molecule has 1 atom stereocenters. The molecule has 0 unspecified atom stereocenters. The molecule has 0 amide bonds. The van der Waals surface area contributed by atoms with Gasteiger partial charge in [0.2, 0.25) is 10.0 Å². The van der Waals surface area contributed by atoms with Crippen LogP contribution in [0.3, 0.4) is 0 Å². The smallest absolute Gasteiger partial charge is 0.232 e. The fourth-order valence-corrected chi connectivity index (χ4v) is 5.96. The summed E-state index contributed by atoms with van der Waals surface area (Å²) in [5, 5.41) is 0. The quantitative estimate of drug-likeness (QED) is 0.676. The molecule has 0 N–H and O–H groups in total. The Morgan fingerprint density at radius 3 is 2.80 bits per heavy atom. The summed E-state index contributed by atoms with van der Waals surface area (Å²) in [5.41, 5.74) is 6.11. The minimum atomic E-state index is -3.18. The summed E-state index contributed by atoms with van der Waals surface area (Å²) in [6, 6.07) is 12.7. The third kappa shape index (κ3) is 4.35. The number of sulfonamides is 1. The van der Waals surface area contributed by atoms with Gasteiger partial charge in [0.05, 0.1) is 19.1 Å². The standard InChI is InChI=1S/C24H32N2O3S/c1-25(17-20-6-4-8-22-21(20)7-5-9-24(22)29-2)14-12-18-10-11-23-19(16-18)13-15-26(23)30(3,27)28/h5,7,9-11,16,20H,4,6,8,12-15,17H2,1-3H3/t20-/m0/s1. The van der Waals surface area contributed by atoms with Crippen molar-refractivity contribution in [1.29, 1.82) is 0 Å². The third-order valence-electron chi connectivity index (χ3n) is 6.52. The van der Waals surface area contributed by atoms with Crippen LogP contribution in [0.4, 0.5) is 5.69 Å². The molecule has 2 aliphatic rings. The van der Waals surface area contributed by atoms with E-state index in [1.165, 1.54) is 40.1 Å². The summed E-state index contributed by atoms with van der Waals surface area (Å²) >= 11 is 0. The molecule has 0 saturated carbocycles. The Morgan fingerprint density at radius 1 is 1.20 bits per heavy atom. The van der Waals surface area contributed by atoms with Gasteiger partial charge in [0.15, 0.2) is 0 Å². The minimum absolute atomic E-state index is 0.553. The molecule has 2 aromatic carbocycles. The first kappa shape index (κ1) is 21.2. The van der Waals surface area contributed by atoms with E-state index in [0.717, 1.165) is 49.4 Å². The molecule has 0 aromatic heterocycles. The molecule has 0 bridgehead atoms. The van der Waals surface area contributed by atoms with Crippen LogP contribution >= 0.6 is 0 Å². The number of fused-ring (bicyclic) bond motifs is 2. The molecule has 5 nitrogen and oxygen atoms in total. The Morgan fingerprint density at radius 2 is 2.03 bits per heavy atom. The van der Waals surface area contributed by atoms with E-state index < -0.39 is 10.0 Å². The molecule has 162 valence electrons. The zero-order valence-electron chi connectivity index (χ0n) is 18.2. The number of hydrogen-bond donors (Lipinski definition) is 0. The van der Waals surface area contributed by atoms with Crippen molar-refractivity contribution < 1.29 is 13.2 Å². The van der Waals surface area contributed by atoms with Crippen molar-refractivity contribution in [3.8, 4) is 5.75 Å². The number of ether oxygens (including phenoxy) is 1. The molecule has 0 radical (unpaired) electrons. The van der Waals surface area contributed by atoms with Crippen molar-refractivity contribution in [2.45, 2.75) is 38.0 Å². The Balaban J connectivity index is 1.38. The summed E-state index contributed by atoms with van der Waals surface area (Å²) in [6.07, 6.45) is 6.61. The highest BCUT2D eigenvalue weighted by Gasteiger charge is 2.26. The van der Waals surface area contributed by atoms with Gasteiger partial charge in [-0.25, -0.2) is 8.42 Å². The van der Waals surface area contributed by atoms with Crippen molar-refractivity contribution in [2.75, 3.05) is 44.4 Å². The van der Waals surface area contributed by atoms with Gasteiger partial charge in [0.1, 0.15) is 5.75 Å². The maximum absolute atomic E-state index is 11.9. The van der Waals surface area contributed by atoms with E-state index in [-0.39, 0.29) is 0 Å². The highest BCUT2D eigenvalue weighted by Crippen LogP contribution is 2.37. The first-order valence-electron chi connectivity index (χ1n) is 10.8. The number of likely N-dealkylation sites (N-methyl/N-ethyl adjacent to an activating group) is 1. The van der Waals surface area contributed by atoms with Crippen LogP contribution in [0.15, 0.2) is 36.4 Å². The number of nitrogens with zero attached hydrogens (tertiary/aromatic N) is 2. The molecule has 0 spiro atoms. The predicted octanol–water partition coefficient (Wildman–Crippen LogP) is 3.61. The van der Waals surface area contributed by atoms with Crippen LogP contribution in [-0.4, -0.2) is 53.4 Å². The maximum atomic E-state index is 11.9. The topological polar surface area (TPSA) is 49.9 Å². The molecule has 1 aliphatic carbocycles. The molecule has 4 rings (SSSR count). The van der Waals surface area contributed by atoms with Crippen molar-refractivity contribution in [2.24, 2.45) is 0 Å². The number of benzene rings is 2. The Hall–Kier alpha value is -2.05. The molecular formula is C24H32N2O3S. The second kappa shape index (κ2) is 8.60. The fourth-order valence-electron chi connectivity index (χ4n) is 5.01. The second-order valence-electron chi connectivity index (χ2n) is 8.68. The number of hydrogen-bond acceptors (Lipinski definition) is 4. The molecule has 1 aliphatic heterocycles. The van der Waals surface area contributed by atoms with Crippen LogP contribution in [0.25, 0.3) is 0 Å². The van der Waals surface area contributed by atoms with Crippen LogP contribution in [0.5, 0.6) is 5.75 Å². The van der Waals surface area contributed by atoms with Crippen LogP contribution in [-0.2, 0) is 29.3 Å². The number of anilines is 1. The summed E-state index contributed by atoms with van der Waals surface area (Å²) in [5.74, 6) is 1.58. The van der Waals surface area contributed by atoms with Gasteiger partial charge in [0, 0.05) is 19.6 Å². The Kier molecular flexibility index (Phi) is 6.07. The molecule has 2 aromatic rings. The number of methoxy groups -OCH3 is 1. The van der Waals surface area contributed by atoms with Gasteiger partial charge >= 0.3 is 0 Å². The first-order chi connectivity index (χ1) is 14.4. The third-order valence-corrected chi connectivity index (χ3v) is 7.70. The van der Waals surface area contributed by atoms with E-state index in [2.05, 4.69) is 42.3 Å². The molecule has 0 saturated heterocycles. The SMILES string of the molecule is COc1cccc2c1CCC[C@H]2CN(C)CCc1ccc2c(c1)CCN2S(C)(=O)=O. The van der Waals surface area contributed by atoms with E-state index in [1.807, 2.05) is 6.07 Å². The largest absolute Gasteiger partial charge is 0.496 e. The van der Waals surface area contributed by atoms with Crippen molar-refractivity contribution in [1.82, 2.24) is 4.90 Å². The summed E-state index contributed by atoms with van der Waals surface area (Å²) in [7, 11) is 0.778. The fraction of sp³-hybridized carbons (Fsp3) is 0.500. The van der Waals surface area contributed by atoms with Gasteiger partial charge < -0.3 is 9.64 Å². The lowest BCUT2D eigenvalue weighted by atomic mass is 9.82. The van der Waals surface area contributed by atoms with Gasteiger partial charge in [-0.05, 0) is 79.5 Å². The van der Waals surface area contributed by atoms with E-state index in [4.69, 9.17) is 4.74 Å². The molecule has 0 fully saturated rings. The van der Waals surface area contributed by atoms with Crippen LogP contribution < -0.4 is 9.04 Å². The molecule has 6 heteroatoms. The monoisotopic (exact) mass is 428 g/mol.